The molecule has 0 bridgehead atoms. The van der Waals surface area contributed by atoms with Gasteiger partial charge in [-0.1, -0.05) is 18.2 Å². The highest BCUT2D eigenvalue weighted by atomic mass is 32.1. The maximum atomic E-state index is 12.7. The van der Waals surface area contributed by atoms with E-state index in [1.165, 1.54) is 11.4 Å². The number of hydrogen-bond donors (Lipinski definition) is 2. The Balaban J connectivity index is 1.65. The number of carboxylic acids is 1. The maximum Gasteiger partial charge on any atom is 0.434 e. The van der Waals surface area contributed by atoms with E-state index < -0.39 is 23.7 Å². The van der Waals surface area contributed by atoms with Crippen LogP contribution in [0.5, 0.6) is 0 Å². The van der Waals surface area contributed by atoms with Crippen LogP contribution in [0.4, 0.5) is 18.2 Å². The van der Waals surface area contributed by atoms with Gasteiger partial charge in [-0.3, -0.25) is 9.78 Å². The molecular formula is C19H10F3N3O4S. The predicted molar refractivity (Wildman–Crippen MR) is 101 cm³/mol. The van der Waals surface area contributed by atoms with Crippen molar-refractivity contribution >= 4 is 39.2 Å². The van der Waals surface area contributed by atoms with Crippen LogP contribution in [0.3, 0.4) is 0 Å². The molecule has 0 aliphatic carbocycles. The van der Waals surface area contributed by atoms with E-state index >= 15 is 0 Å². The van der Waals surface area contributed by atoms with Crippen molar-refractivity contribution in [2.45, 2.75) is 6.18 Å². The van der Waals surface area contributed by atoms with Gasteiger partial charge in [0.25, 0.3) is 5.91 Å². The molecule has 7 nitrogen and oxygen atoms in total. The predicted octanol–water partition coefficient (Wildman–Crippen LogP) is 4.92. The number of rotatable bonds is 4. The fraction of sp³-hybridized carbons (Fsp3) is 0.0526. The highest BCUT2D eigenvalue weighted by Gasteiger charge is 2.33. The monoisotopic (exact) mass is 433 g/mol. The second-order valence-corrected chi connectivity index (χ2v) is 6.93. The first kappa shape index (κ1) is 19.6. The molecule has 1 aromatic carbocycles. The number of furan rings is 1. The molecule has 0 spiro atoms. The molecule has 0 atom stereocenters. The number of alkyl halides is 3. The van der Waals surface area contributed by atoms with E-state index in [1.807, 2.05) is 0 Å². The van der Waals surface area contributed by atoms with E-state index in [4.69, 9.17) is 4.42 Å². The standard InChI is InChI=1S/C19H10F3N3O4S/c20-19(21,22)14-7-23-11(6-24-14)10-8-30-17(15(10)18(27)28)25-16(26)13-5-9-3-1-2-4-12(9)29-13/h1-8H,(H,25,26)(H,27,28). The topological polar surface area (TPSA) is 105 Å². The van der Waals surface area contributed by atoms with Gasteiger partial charge in [-0.15, -0.1) is 11.3 Å². The third-order valence-electron chi connectivity index (χ3n) is 4.10. The Hall–Kier alpha value is -3.73. The number of fused-ring (bicyclic) bond motifs is 1. The molecule has 30 heavy (non-hydrogen) atoms. The lowest BCUT2D eigenvalue weighted by Gasteiger charge is -2.06. The van der Waals surface area contributed by atoms with Crippen LogP contribution in [0.25, 0.3) is 22.2 Å². The summed E-state index contributed by atoms with van der Waals surface area (Å²) in [6.45, 7) is 0. The fourth-order valence-electron chi connectivity index (χ4n) is 2.72. The van der Waals surface area contributed by atoms with Gasteiger partial charge >= 0.3 is 12.1 Å². The smallest absolute Gasteiger partial charge is 0.434 e. The van der Waals surface area contributed by atoms with E-state index in [1.54, 1.807) is 24.3 Å². The minimum atomic E-state index is -4.67. The number of aromatic carboxylic acids is 1. The van der Waals surface area contributed by atoms with Crippen molar-refractivity contribution in [1.29, 1.82) is 0 Å². The second-order valence-electron chi connectivity index (χ2n) is 6.05. The minimum Gasteiger partial charge on any atom is -0.478 e. The molecule has 4 aromatic rings. The third kappa shape index (κ3) is 3.62. The summed E-state index contributed by atoms with van der Waals surface area (Å²) >= 11 is 0.895. The quantitative estimate of drug-likeness (QED) is 0.473. The molecule has 0 saturated carbocycles. The van der Waals surface area contributed by atoms with E-state index in [-0.39, 0.29) is 27.6 Å². The van der Waals surface area contributed by atoms with Crippen LogP contribution in [-0.2, 0) is 6.18 Å². The molecule has 2 N–H and O–H groups in total. The SMILES string of the molecule is O=C(Nc1scc(-c2cnc(C(F)(F)F)cn2)c1C(=O)O)c1cc2ccccc2o1. The summed E-state index contributed by atoms with van der Waals surface area (Å²) in [5.74, 6) is -2.06. The average Bonchev–Trinajstić information content (AvgIpc) is 3.31. The summed E-state index contributed by atoms with van der Waals surface area (Å²) in [6, 6.07) is 8.47. The molecule has 152 valence electrons. The van der Waals surface area contributed by atoms with E-state index in [9.17, 15) is 27.9 Å². The van der Waals surface area contributed by atoms with Crippen molar-refractivity contribution in [2.24, 2.45) is 0 Å². The number of nitrogens with one attached hydrogen (secondary N) is 1. The van der Waals surface area contributed by atoms with Gasteiger partial charge in [0.1, 0.15) is 16.1 Å². The third-order valence-corrected chi connectivity index (χ3v) is 4.99. The number of benzene rings is 1. The number of carboxylic acid groups (broad SMARTS) is 1. The Morgan fingerprint density at radius 1 is 1.13 bits per heavy atom. The first-order valence-electron chi connectivity index (χ1n) is 8.28. The Labute approximate surface area is 169 Å². The highest BCUT2D eigenvalue weighted by molar-refractivity contribution is 7.15. The minimum absolute atomic E-state index is 0.00958. The van der Waals surface area contributed by atoms with Crippen molar-refractivity contribution in [3.05, 3.63) is 65.1 Å². The van der Waals surface area contributed by atoms with Crippen molar-refractivity contribution in [1.82, 2.24) is 9.97 Å². The molecular weight excluding hydrogens is 423 g/mol. The summed E-state index contributed by atoms with van der Waals surface area (Å²) in [6.07, 6.45) is -3.31. The second kappa shape index (κ2) is 7.26. The summed E-state index contributed by atoms with van der Waals surface area (Å²) in [4.78, 5) is 31.2. The van der Waals surface area contributed by atoms with E-state index in [0.29, 0.717) is 17.2 Å². The Morgan fingerprint density at radius 2 is 1.90 bits per heavy atom. The number of para-hydroxylation sites is 1. The summed E-state index contributed by atoms with van der Waals surface area (Å²) in [7, 11) is 0. The molecule has 0 radical (unpaired) electrons. The zero-order valence-corrected chi connectivity index (χ0v) is 15.5. The number of amides is 1. The van der Waals surface area contributed by atoms with Crippen LogP contribution in [-0.4, -0.2) is 27.0 Å². The van der Waals surface area contributed by atoms with Crippen molar-refractivity contribution < 1.29 is 32.3 Å². The van der Waals surface area contributed by atoms with Gasteiger partial charge in [-0.2, -0.15) is 13.2 Å². The van der Waals surface area contributed by atoms with Crippen LogP contribution in [0.1, 0.15) is 26.6 Å². The van der Waals surface area contributed by atoms with Gasteiger partial charge in [-0.05, 0) is 12.1 Å². The number of nitrogens with zero attached hydrogens (tertiary/aromatic N) is 2. The van der Waals surface area contributed by atoms with Gasteiger partial charge in [-0.25, -0.2) is 9.78 Å². The number of anilines is 1. The molecule has 0 aliphatic rings. The lowest BCUT2D eigenvalue weighted by atomic mass is 10.1. The lowest BCUT2D eigenvalue weighted by Crippen LogP contribution is -2.13. The number of carbonyl (C=O) groups excluding carboxylic acids is 1. The normalized spacial score (nSPS) is 11.6. The van der Waals surface area contributed by atoms with Gasteiger partial charge in [0.05, 0.1) is 18.1 Å². The van der Waals surface area contributed by atoms with Gasteiger partial charge in [0.2, 0.25) is 0 Å². The van der Waals surface area contributed by atoms with Crippen LogP contribution in [0, 0.1) is 0 Å². The fourth-order valence-corrected chi connectivity index (χ4v) is 3.66. The van der Waals surface area contributed by atoms with Gasteiger partial charge in [0, 0.05) is 16.3 Å². The molecule has 4 rings (SSSR count). The molecule has 0 aliphatic heterocycles. The van der Waals surface area contributed by atoms with Crippen LogP contribution >= 0.6 is 11.3 Å². The number of thiophene rings is 1. The molecule has 1 amide bonds. The number of halogens is 3. The van der Waals surface area contributed by atoms with E-state index in [0.717, 1.165) is 17.5 Å². The first-order chi connectivity index (χ1) is 14.2. The van der Waals surface area contributed by atoms with Crippen LogP contribution in [0.15, 0.2) is 52.5 Å². The Kier molecular flexibility index (Phi) is 4.74. The molecule has 3 heterocycles. The largest absolute Gasteiger partial charge is 0.478 e. The average molecular weight is 433 g/mol. The summed E-state index contributed by atoms with van der Waals surface area (Å²) in [5, 5.41) is 14.1. The number of carbonyl (C=O) groups is 2. The van der Waals surface area contributed by atoms with Gasteiger partial charge < -0.3 is 14.8 Å². The molecule has 0 fully saturated rings. The molecule has 11 heteroatoms. The number of hydrogen-bond acceptors (Lipinski definition) is 6. The van der Waals surface area contributed by atoms with E-state index in [2.05, 4.69) is 15.3 Å². The van der Waals surface area contributed by atoms with Gasteiger partial charge in [0.15, 0.2) is 11.5 Å². The lowest BCUT2D eigenvalue weighted by molar-refractivity contribution is -0.141. The van der Waals surface area contributed by atoms with Crippen molar-refractivity contribution in [3.63, 3.8) is 0 Å². The summed E-state index contributed by atoms with van der Waals surface area (Å²) < 4.78 is 43.4. The molecule has 3 aromatic heterocycles. The highest BCUT2D eigenvalue weighted by Crippen LogP contribution is 2.36. The Morgan fingerprint density at radius 3 is 2.53 bits per heavy atom. The maximum absolute atomic E-state index is 12.7. The zero-order chi connectivity index (χ0) is 21.5. The van der Waals surface area contributed by atoms with Crippen LogP contribution < -0.4 is 5.32 Å². The number of aromatic nitrogens is 2. The van der Waals surface area contributed by atoms with Crippen molar-refractivity contribution in [3.8, 4) is 11.3 Å². The summed E-state index contributed by atoms with van der Waals surface area (Å²) in [5.41, 5.74) is -1.04. The van der Waals surface area contributed by atoms with Crippen molar-refractivity contribution in [2.75, 3.05) is 5.32 Å². The molecule has 0 saturated heterocycles. The first-order valence-corrected chi connectivity index (χ1v) is 9.16. The molecule has 0 unspecified atom stereocenters. The van der Waals surface area contributed by atoms with Crippen LogP contribution in [0.2, 0.25) is 0 Å². The Bertz CT molecular complexity index is 1230. The zero-order valence-electron chi connectivity index (χ0n) is 14.7.